The van der Waals surface area contributed by atoms with Gasteiger partial charge in [0.2, 0.25) is 0 Å². The average Bonchev–Trinajstić information content (AvgIpc) is 3.36. The maximum Gasteiger partial charge on any atom is 0.312 e. The number of ether oxygens (including phenoxy) is 1. The van der Waals surface area contributed by atoms with Crippen LogP contribution in [0.4, 0.5) is 0 Å². The predicted molar refractivity (Wildman–Crippen MR) is 145 cm³/mol. The molecule has 0 aromatic heterocycles. The molecular weight excluding hydrogens is 480 g/mol. The number of carboxylic acid groups (broad SMARTS) is 1. The van der Waals surface area contributed by atoms with Crippen molar-refractivity contribution >= 4 is 11.9 Å². The number of hydrogen-bond donors (Lipinski definition) is 3. The van der Waals surface area contributed by atoms with Crippen LogP contribution in [0.25, 0.3) is 0 Å². The van der Waals surface area contributed by atoms with Crippen LogP contribution in [0.15, 0.2) is 12.2 Å². The lowest BCUT2D eigenvalue weighted by molar-refractivity contribution is -0.219. The first-order valence-electron chi connectivity index (χ1n) is 15.0. The van der Waals surface area contributed by atoms with E-state index in [2.05, 4.69) is 26.8 Å². The zero-order valence-electron chi connectivity index (χ0n) is 24.5. The minimum Gasteiger partial charge on any atom is -0.481 e. The molecule has 3 N–H and O–H groups in total. The van der Waals surface area contributed by atoms with Crippen molar-refractivity contribution in [2.75, 3.05) is 0 Å². The number of carboxylic acids is 1. The van der Waals surface area contributed by atoms with Gasteiger partial charge in [-0.2, -0.15) is 0 Å². The van der Waals surface area contributed by atoms with E-state index in [0.29, 0.717) is 24.7 Å². The van der Waals surface area contributed by atoms with Crippen molar-refractivity contribution in [1.29, 1.82) is 0 Å². The lowest BCUT2D eigenvalue weighted by atomic mass is 9.41. The predicted octanol–water partition coefficient (Wildman–Crippen LogP) is 5.75. The molecule has 0 aromatic rings. The maximum atomic E-state index is 12.7. The highest BCUT2D eigenvalue weighted by Crippen LogP contribution is 2.89. The number of aliphatic carboxylic acids is 1. The number of hydrogen-bond acceptors (Lipinski definition) is 5. The summed E-state index contributed by atoms with van der Waals surface area (Å²) in [6.07, 6.45) is 11.1. The maximum absolute atomic E-state index is 12.7. The summed E-state index contributed by atoms with van der Waals surface area (Å²) >= 11 is 0. The van der Waals surface area contributed by atoms with Gasteiger partial charge < -0.3 is 20.1 Å². The van der Waals surface area contributed by atoms with Crippen LogP contribution >= 0.6 is 0 Å². The Labute approximate surface area is 228 Å². The van der Waals surface area contributed by atoms with Gasteiger partial charge in [-0.05, 0) is 118 Å². The Morgan fingerprint density at radius 3 is 2.34 bits per heavy atom. The van der Waals surface area contributed by atoms with Gasteiger partial charge in [-0.1, -0.05) is 32.9 Å². The topological polar surface area (TPSA) is 104 Å². The average molecular weight is 531 g/mol. The minimum atomic E-state index is -1.22. The monoisotopic (exact) mass is 530 g/mol. The fourth-order valence-corrected chi connectivity index (χ4v) is 11.3. The van der Waals surface area contributed by atoms with E-state index in [1.54, 1.807) is 20.8 Å². The number of rotatable bonds is 6. The van der Waals surface area contributed by atoms with Crippen molar-refractivity contribution < 1.29 is 29.6 Å². The third-order valence-electron chi connectivity index (χ3n) is 13.3. The molecule has 0 aliphatic heterocycles. The lowest BCUT2D eigenvalue weighted by Crippen LogP contribution is -2.64. The van der Waals surface area contributed by atoms with Crippen LogP contribution in [0, 0.1) is 50.7 Å². The van der Waals surface area contributed by atoms with Gasteiger partial charge in [0.25, 0.3) is 0 Å². The van der Waals surface area contributed by atoms with Gasteiger partial charge in [0.15, 0.2) is 0 Å². The third kappa shape index (κ3) is 3.57. The molecule has 6 heteroatoms. The number of aliphatic hydroxyl groups is 2. The van der Waals surface area contributed by atoms with Crippen LogP contribution in [0.2, 0.25) is 0 Å². The third-order valence-corrected chi connectivity index (χ3v) is 13.3. The van der Waals surface area contributed by atoms with E-state index in [1.165, 1.54) is 6.92 Å². The van der Waals surface area contributed by atoms with Crippen molar-refractivity contribution in [3.05, 3.63) is 12.2 Å². The Bertz CT molecular complexity index is 1030. The highest BCUT2D eigenvalue weighted by atomic mass is 16.5. The second-order valence-corrected chi connectivity index (χ2v) is 15.3. The number of fused-ring (bicyclic) bond motifs is 2. The lowest BCUT2D eigenvalue weighted by Gasteiger charge is -2.64. The van der Waals surface area contributed by atoms with Gasteiger partial charge >= 0.3 is 11.9 Å². The van der Waals surface area contributed by atoms with Crippen molar-refractivity contribution in [1.82, 2.24) is 0 Å². The van der Waals surface area contributed by atoms with Gasteiger partial charge in [0.05, 0.1) is 17.1 Å². The Morgan fingerprint density at radius 1 is 1.05 bits per heavy atom. The summed E-state index contributed by atoms with van der Waals surface area (Å²) in [6.45, 7) is 14.1. The minimum absolute atomic E-state index is 0.00554. The van der Waals surface area contributed by atoms with Gasteiger partial charge in [-0.25, -0.2) is 0 Å². The molecule has 0 unspecified atom stereocenters. The van der Waals surface area contributed by atoms with Gasteiger partial charge in [-0.15, -0.1) is 0 Å². The summed E-state index contributed by atoms with van der Waals surface area (Å²) in [7, 11) is 0. The molecule has 214 valence electrons. The SMILES string of the molecule is CC(=O)O[C@H]1C[C@H]2[C@](C)(C(=O)O)[C@@H](O)CC[C@@]23C[C@]32CC[C@]3(C)[C@@H]([C@H](C)C/C=C/C(C)(C)O)CC[C@@]3(C)[C@H]12. The Hall–Kier alpha value is -1.40. The van der Waals surface area contributed by atoms with E-state index in [-0.39, 0.29) is 45.6 Å². The first-order chi connectivity index (χ1) is 17.5. The number of aliphatic hydroxyl groups excluding tert-OH is 1. The van der Waals surface area contributed by atoms with Crippen molar-refractivity contribution in [2.24, 2.45) is 50.7 Å². The van der Waals surface area contributed by atoms with E-state index >= 15 is 0 Å². The summed E-state index contributed by atoms with van der Waals surface area (Å²) in [4.78, 5) is 25.1. The zero-order valence-corrected chi connectivity index (χ0v) is 24.5. The number of esters is 1. The van der Waals surface area contributed by atoms with Crippen LogP contribution in [0.1, 0.15) is 106 Å². The molecule has 0 saturated heterocycles. The smallest absolute Gasteiger partial charge is 0.312 e. The molecule has 0 heterocycles. The number of allylic oxidation sites excluding steroid dienone is 1. The summed E-state index contributed by atoms with van der Waals surface area (Å²) in [5, 5.41) is 31.5. The van der Waals surface area contributed by atoms with Gasteiger partial charge in [0, 0.05) is 12.8 Å². The molecule has 11 atom stereocenters. The molecule has 5 aliphatic rings. The van der Waals surface area contributed by atoms with E-state index in [1.807, 2.05) is 6.08 Å². The highest BCUT2D eigenvalue weighted by Gasteiger charge is 2.85. The molecule has 5 aliphatic carbocycles. The second kappa shape index (κ2) is 8.55. The molecule has 2 spiro atoms. The highest BCUT2D eigenvalue weighted by molar-refractivity contribution is 5.76. The summed E-state index contributed by atoms with van der Waals surface area (Å²) in [5.41, 5.74) is -2.02. The van der Waals surface area contributed by atoms with E-state index < -0.39 is 23.1 Å². The molecule has 0 radical (unpaired) electrons. The van der Waals surface area contributed by atoms with Crippen molar-refractivity contribution in [3.63, 3.8) is 0 Å². The number of carbonyl (C=O) groups is 2. The standard InChI is InChI=1S/C32H50O6/c1-19(9-8-12-27(3,4)37)21-10-13-29(6)25-22(38-20(2)33)17-23-30(7,26(35)36)24(34)11-14-31(23)18-32(25,31)16-15-28(21,29)5/h8,12,19,21-25,34,37H,9-11,13-18H2,1-7H3,(H,35,36)/b12-8+/t19-,21-,22+,23+,24+,25+,28-,29+,30+,31-,32+/m1/s1. The van der Waals surface area contributed by atoms with Crippen LogP contribution < -0.4 is 0 Å². The molecule has 5 saturated carbocycles. The normalized spacial score (nSPS) is 50.4. The summed E-state index contributed by atoms with van der Waals surface area (Å²) in [5.74, 6) is -0.163. The fourth-order valence-electron chi connectivity index (χ4n) is 11.3. The van der Waals surface area contributed by atoms with Crippen LogP contribution in [0.3, 0.4) is 0 Å². The molecule has 5 rings (SSSR count). The van der Waals surface area contributed by atoms with Gasteiger partial charge in [0.1, 0.15) is 6.10 Å². The van der Waals surface area contributed by atoms with Gasteiger partial charge in [-0.3, -0.25) is 9.59 Å². The molecule has 0 aromatic carbocycles. The quantitative estimate of drug-likeness (QED) is 0.299. The van der Waals surface area contributed by atoms with Crippen LogP contribution in [-0.4, -0.2) is 45.1 Å². The Morgan fingerprint density at radius 2 is 1.74 bits per heavy atom. The fraction of sp³-hybridized carbons (Fsp3) is 0.875. The Kier molecular flexibility index (Phi) is 6.33. The van der Waals surface area contributed by atoms with E-state index in [9.17, 15) is 24.9 Å². The summed E-state index contributed by atoms with van der Waals surface area (Å²) in [6, 6.07) is 0. The first kappa shape index (κ1) is 28.1. The van der Waals surface area contributed by atoms with Crippen molar-refractivity contribution in [2.45, 2.75) is 124 Å². The van der Waals surface area contributed by atoms with E-state index in [4.69, 9.17) is 4.74 Å². The number of carbonyl (C=O) groups excluding carboxylic acids is 1. The largest absolute Gasteiger partial charge is 0.481 e. The molecule has 5 fully saturated rings. The zero-order chi connectivity index (χ0) is 28.1. The molecule has 38 heavy (non-hydrogen) atoms. The summed E-state index contributed by atoms with van der Waals surface area (Å²) < 4.78 is 6.17. The first-order valence-corrected chi connectivity index (χ1v) is 15.0. The molecule has 6 nitrogen and oxygen atoms in total. The Balaban J connectivity index is 1.52. The van der Waals surface area contributed by atoms with Crippen molar-refractivity contribution in [3.8, 4) is 0 Å². The second-order valence-electron chi connectivity index (χ2n) is 15.3. The van der Waals surface area contributed by atoms with E-state index in [0.717, 1.165) is 44.9 Å². The molecular formula is C32H50O6. The van der Waals surface area contributed by atoms with Crippen LogP contribution in [0.5, 0.6) is 0 Å². The van der Waals surface area contributed by atoms with Crippen LogP contribution in [-0.2, 0) is 14.3 Å². The molecule has 0 amide bonds. The molecule has 0 bridgehead atoms.